The van der Waals surface area contributed by atoms with Crippen molar-refractivity contribution >= 4 is 34.4 Å². The number of morpholine rings is 1. The lowest BCUT2D eigenvalue weighted by atomic mass is 10.1. The van der Waals surface area contributed by atoms with Crippen LogP contribution in [-0.2, 0) is 16.1 Å². The predicted octanol–water partition coefficient (Wildman–Crippen LogP) is 2.55. The van der Waals surface area contributed by atoms with Gasteiger partial charge in [-0.1, -0.05) is 36.4 Å². The molecule has 1 fully saturated rings. The number of nitrogens with one attached hydrogen (secondary N) is 3. The van der Waals surface area contributed by atoms with Crippen molar-refractivity contribution in [2.24, 2.45) is 0 Å². The molecule has 3 heterocycles. The molecule has 10 heteroatoms. The van der Waals surface area contributed by atoms with Crippen LogP contribution in [0.3, 0.4) is 0 Å². The van der Waals surface area contributed by atoms with Gasteiger partial charge in [0.2, 0.25) is 5.95 Å². The van der Waals surface area contributed by atoms with Crippen molar-refractivity contribution in [2.45, 2.75) is 25.6 Å². The molecule has 10 nitrogen and oxygen atoms in total. The van der Waals surface area contributed by atoms with E-state index in [0.29, 0.717) is 31.5 Å². The number of hydrogen-bond acceptors (Lipinski definition) is 8. The first-order chi connectivity index (χ1) is 17.0. The minimum Gasteiger partial charge on any atom is -0.382 e. The number of carbonyl (C=O) groups excluding carboxylic acids is 1. The summed E-state index contributed by atoms with van der Waals surface area (Å²) in [6.07, 6.45) is -0.601. The first-order valence-electron chi connectivity index (χ1n) is 11.5. The number of benzene rings is 2. The van der Waals surface area contributed by atoms with Crippen LogP contribution in [0.5, 0.6) is 0 Å². The number of hydrogen-bond donors (Lipinski definition) is 4. The molecule has 1 aliphatic heterocycles. The molecule has 2 aromatic heterocycles. The monoisotopic (exact) mass is 472 g/mol. The number of nitrogens with two attached hydrogens (primary N) is 1. The number of ether oxygens (including phenoxy) is 1. The van der Waals surface area contributed by atoms with E-state index in [-0.39, 0.29) is 11.9 Å². The van der Waals surface area contributed by atoms with Crippen LogP contribution >= 0.6 is 0 Å². The summed E-state index contributed by atoms with van der Waals surface area (Å²) in [4.78, 5) is 24.3. The minimum atomic E-state index is -0.601. The molecule has 0 spiro atoms. The highest BCUT2D eigenvalue weighted by molar-refractivity contribution is 5.91. The van der Waals surface area contributed by atoms with Gasteiger partial charge >= 0.3 is 0 Å². The van der Waals surface area contributed by atoms with Gasteiger partial charge in [-0.25, -0.2) is 4.98 Å². The Balaban J connectivity index is 1.38. The summed E-state index contributed by atoms with van der Waals surface area (Å²) >= 11 is 0. The van der Waals surface area contributed by atoms with Crippen LogP contribution in [0.25, 0.3) is 22.2 Å². The first-order valence-corrected chi connectivity index (χ1v) is 11.5. The maximum atomic E-state index is 12.9. The molecule has 0 radical (unpaired) electrons. The van der Waals surface area contributed by atoms with E-state index >= 15 is 0 Å². The van der Waals surface area contributed by atoms with E-state index in [1.54, 1.807) is 7.05 Å². The largest absolute Gasteiger partial charge is 0.382 e. The zero-order valence-electron chi connectivity index (χ0n) is 19.7. The van der Waals surface area contributed by atoms with E-state index in [2.05, 4.69) is 42.6 Å². The van der Waals surface area contributed by atoms with Crippen LogP contribution < -0.4 is 21.3 Å². The lowest BCUT2D eigenvalue weighted by Crippen LogP contribution is -2.54. The van der Waals surface area contributed by atoms with Gasteiger partial charge in [-0.15, -0.1) is 0 Å². The minimum absolute atomic E-state index is 0.0375. The molecule has 0 unspecified atom stereocenters. The van der Waals surface area contributed by atoms with Crippen LogP contribution in [0.2, 0.25) is 0 Å². The van der Waals surface area contributed by atoms with Gasteiger partial charge in [0.25, 0.3) is 5.91 Å². The highest BCUT2D eigenvalue weighted by Crippen LogP contribution is 2.29. The third kappa shape index (κ3) is 4.73. The van der Waals surface area contributed by atoms with Crippen molar-refractivity contribution in [3.63, 3.8) is 0 Å². The molecule has 0 aliphatic carbocycles. The Labute approximate surface area is 202 Å². The molecule has 1 saturated heterocycles. The highest BCUT2D eigenvalue weighted by Gasteiger charge is 2.32. The number of carbonyl (C=O) groups is 1. The number of anilines is 3. The van der Waals surface area contributed by atoms with Gasteiger partial charge in [0.15, 0.2) is 11.9 Å². The smallest absolute Gasteiger partial charge is 0.251 e. The zero-order chi connectivity index (χ0) is 24.4. The summed E-state index contributed by atoms with van der Waals surface area (Å²) in [6.45, 7) is 3.31. The van der Waals surface area contributed by atoms with Gasteiger partial charge in [-0.2, -0.15) is 10.1 Å². The second kappa shape index (κ2) is 9.59. The Morgan fingerprint density at radius 1 is 1.20 bits per heavy atom. The number of rotatable bonds is 6. The van der Waals surface area contributed by atoms with Gasteiger partial charge in [-0.05, 0) is 24.6 Å². The fourth-order valence-electron chi connectivity index (χ4n) is 4.17. The van der Waals surface area contributed by atoms with Crippen molar-refractivity contribution in [2.75, 3.05) is 36.1 Å². The van der Waals surface area contributed by atoms with Crippen molar-refractivity contribution in [3.8, 4) is 11.3 Å². The molecule has 1 aliphatic rings. The molecule has 4 aromatic rings. The van der Waals surface area contributed by atoms with Gasteiger partial charge in [0, 0.05) is 30.6 Å². The van der Waals surface area contributed by atoms with Crippen molar-refractivity contribution in [1.82, 2.24) is 25.5 Å². The number of fused-ring (bicyclic) bond motifs is 1. The van der Waals surface area contributed by atoms with Gasteiger partial charge in [-0.3, -0.25) is 9.89 Å². The van der Waals surface area contributed by atoms with Crippen LogP contribution in [0.15, 0.2) is 54.6 Å². The number of aromatic nitrogens is 4. The summed E-state index contributed by atoms with van der Waals surface area (Å²) < 4.78 is 5.88. The highest BCUT2D eigenvalue weighted by atomic mass is 16.5. The maximum absolute atomic E-state index is 12.9. The van der Waals surface area contributed by atoms with Gasteiger partial charge < -0.3 is 26.0 Å². The average molecular weight is 473 g/mol. The molecule has 0 saturated carbocycles. The number of nitrogens with zero attached hydrogens (tertiary/aromatic N) is 4. The van der Waals surface area contributed by atoms with E-state index in [0.717, 1.165) is 33.5 Å². The van der Waals surface area contributed by atoms with E-state index in [9.17, 15) is 4.79 Å². The quantitative estimate of drug-likeness (QED) is 0.336. The van der Waals surface area contributed by atoms with Crippen molar-refractivity contribution < 1.29 is 9.53 Å². The Morgan fingerprint density at radius 3 is 2.83 bits per heavy atom. The second-order valence-corrected chi connectivity index (χ2v) is 8.58. The van der Waals surface area contributed by atoms with Crippen LogP contribution in [0.4, 0.5) is 17.6 Å². The molecular weight excluding hydrogens is 444 g/mol. The first kappa shape index (κ1) is 22.6. The van der Waals surface area contributed by atoms with Crippen LogP contribution in [0, 0.1) is 0 Å². The van der Waals surface area contributed by atoms with Gasteiger partial charge in [0.1, 0.15) is 5.82 Å². The van der Waals surface area contributed by atoms with E-state index < -0.39 is 6.10 Å². The predicted molar refractivity (Wildman–Crippen MR) is 136 cm³/mol. The standard InChI is InChI=1S/C25H28N8O2/c1-15-14-35-21(24(34)28-12-16-6-4-3-5-7-16)13-33(15)22-11-19(29-25(27-2)30-22)17-8-9-18-20(10-17)31-32-23(18)26/h3-11,15,21H,12-14H2,1-2H3,(H,28,34)(H3,26,31,32)(H,27,29,30)/t15-,21+/m1/s1. The summed E-state index contributed by atoms with van der Waals surface area (Å²) in [5.74, 6) is 1.53. The Hall–Kier alpha value is -4.18. The average Bonchev–Trinajstić information content (AvgIpc) is 3.27. The third-order valence-electron chi connectivity index (χ3n) is 6.15. The summed E-state index contributed by atoms with van der Waals surface area (Å²) in [7, 11) is 1.78. The maximum Gasteiger partial charge on any atom is 0.251 e. The van der Waals surface area contributed by atoms with E-state index in [1.807, 2.05) is 54.6 Å². The normalized spacial score (nSPS) is 17.9. The van der Waals surface area contributed by atoms with Crippen molar-refractivity contribution in [1.29, 1.82) is 0 Å². The Morgan fingerprint density at radius 2 is 2.03 bits per heavy atom. The van der Waals surface area contributed by atoms with Crippen LogP contribution in [-0.4, -0.2) is 58.4 Å². The Kier molecular flexibility index (Phi) is 6.19. The second-order valence-electron chi connectivity index (χ2n) is 8.58. The summed E-state index contributed by atoms with van der Waals surface area (Å²) in [5.41, 5.74) is 9.43. The summed E-state index contributed by atoms with van der Waals surface area (Å²) in [6, 6.07) is 17.6. The fourth-order valence-corrected chi connectivity index (χ4v) is 4.17. The lowest BCUT2D eigenvalue weighted by molar-refractivity contribution is -0.134. The SMILES string of the molecule is CNc1nc(-c2ccc3c(N)n[nH]c3c2)cc(N2C[C@@H](C(=O)NCc3ccccc3)OC[C@H]2C)n1. The molecule has 1 amide bonds. The molecule has 2 aromatic carbocycles. The number of aromatic amines is 1. The topological polar surface area (TPSA) is 134 Å². The summed E-state index contributed by atoms with van der Waals surface area (Å²) in [5, 5.41) is 13.9. The lowest BCUT2D eigenvalue weighted by Gasteiger charge is -2.38. The fraction of sp³-hybridized carbons (Fsp3) is 0.280. The third-order valence-corrected chi connectivity index (χ3v) is 6.15. The van der Waals surface area contributed by atoms with E-state index in [1.165, 1.54) is 0 Å². The Bertz CT molecular complexity index is 1340. The molecule has 0 bridgehead atoms. The van der Waals surface area contributed by atoms with Crippen LogP contribution in [0.1, 0.15) is 12.5 Å². The molecule has 5 N–H and O–H groups in total. The molecule has 180 valence electrons. The van der Waals surface area contributed by atoms with Gasteiger partial charge in [0.05, 0.1) is 30.4 Å². The molecule has 2 atom stereocenters. The number of amides is 1. The zero-order valence-corrected chi connectivity index (χ0v) is 19.7. The van der Waals surface area contributed by atoms with Crippen molar-refractivity contribution in [3.05, 3.63) is 60.2 Å². The molecule has 35 heavy (non-hydrogen) atoms. The van der Waals surface area contributed by atoms with E-state index in [4.69, 9.17) is 10.5 Å². The number of nitrogen functional groups attached to an aromatic ring is 1. The molecular formula is C25H28N8O2. The number of H-pyrrole nitrogens is 1. The molecule has 5 rings (SSSR count).